The molecule has 3 aromatic heterocycles. The van der Waals surface area contributed by atoms with Crippen LogP contribution in [0.15, 0.2) is 53.6 Å². The van der Waals surface area contributed by atoms with Gasteiger partial charge in [0.2, 0.25) is 11.4 Å². The molecule has 0 aliphatic rings. The maximum Gasteiger partial charge on any atom is 0.227 e. The highest BCUT2D eigenvalue weighted by Crippen LogP contribution is 2.37. The quantitative estimate of drug-likeness (QED) is 0.429. The van der Waals surface area contributed by atoms with Gasteiger partial charge in [-0.25, -0.2) is 9.55 Å². The summed E-state index contributed by atoms with van der Waals surface area (Å²) in [6.45, 7) is 12.7. The van der Waals surface area contributed by atoms with E-state index in [-0.39, 0.29) is 5.41 Å². The average molecular weight is 357 g/mol. The first-order valence-electron chi connectivity index (χ1n) is 9.25. The lowest BCUT2D eigenvalue weighted by molar-refractivity contribution is -0.660. The molecule has 0 atom stereocenters. The van der Waals surface area contributed by atoms with Gasteiger partial charge in [-0.2, -0.15) is 0 Å². The number of pyridine rings is 2. The fourth-order valence-electron chi connectivity index (χ4n) is 3.55. The Kier molecular flexibility index (Phi) is 3.92. The number of aromatic nitrogens is 2. The zero-order chi connectivity index (χ0) is 19.3. The molecule has 0 saturated carbocycles. The Morgan fingerprint density at radius 2 is 1.81 bits per heavy atom. The highest BCUT2D eigenvalue weighted by Gasteiger charge is 2.24. The number of aryl methyl sites for hydroxylation is 2. The van der Waals surface area contributed by atoms with Gasteiger partial charge < -0.3 is 4.42 Å². The number of benzene rings is 1. The highest BCUT2D eigenvalue weighted by atomic mass is 16.3. The van der Waals surface area contributed by atoms with Gasteiger partial charge in [-0.3, -0.25) is 0 Å². The second kappa shape index (κ2) is 6.05. The van der Waals surface area contributed by atoms with Crippen molar-refractivity contribution in [3.05, 3.63) is 66.0 Å². The lowest BCUT2D eigenvalue weighted by Gasteiger charge is -2.19. The minimum absolute atomic E-state index is 0.0673. The third kappa shape index (κ3) is 2.84. The fraction of sp³-hybridized carbons (Fsp3) is 0.250. The van der Waals surface area contributed by atoms with Crippen LogP contribution < -0.4 is 4.57 Å². The molecule has 136 valence electrons. The van der Waals surface area contributed by atoms with E-state index in [2.05, 4.69) is 80.5 Å². The smallest absolute Gasteiger partial charge is 0.227 e. The van der Waals surface area contributed by atoms with Crippen molar-refractivity contribution in [2.45, 2.75) is 33.1 Å². The van der Waals surface area contributed by atoms with Gasteiger partial charge >= 0.3 is 0 Å². The molecule has 0 amide bonds. The molecule has 3 heteroatoms. The van der Waals surface area contributed by atoms with Crippen molar-refractivity contribution in [2.24, 2.45) is 7.05 Å². The van der Waals surface area contributed by atoms with Crippen molar-refractivity contribution in [1.29, 1.82) is 0 Å². The van der Waals surface area contributed by atoms with E-state index in [0.29, 0.717) is 5.71 Å². The van der Waals surface area contributed by atoms with Crippen molar-refractivity contribution >= 4 is 28.1 Å². The second-order valence-electron chi connectivity index (χ2n) is 8.18. The summed E-state index contributed by atoms with van der Waals surface area (Å²) in [5, 5.41) is 2.13. The van der Waals surface area contributed by atoms with Crippen LogP contribution in [0.3, 0.4) is 0 Å². The standard InChI is InChI=1S/C24H25N2O/c1-7-16-9-11-18-19-10-8-15(2)25-23(19)27-22(18)21(16)20-14-17(24(3,4)5)12-13-26(20)6/h7-14H,1H2,2-6H3/q+1. The first kappa shape index (κ1) is 17.5. The minimum Gasteiger partial charge on any atom is -0.437 e. The molecule has 1 aromatic carbocycles. The van der Waals surface area contributed by atoms with E-state index in [4.69, 9.17) is 4.42 Å². The molecule has 0 radical (unpaired) electrons. The molecule has 0 aliphatic carbocycles. The van der Waals surface area contributed by atoms with Crippen molar-refractivity contribution < 1.29 is 8.98 Å². The maximum atomic E-state index is 6.27. The molecule has 0 bridgehead atoms. The Morgan fingerprint density at radius 3 is 2.52 bits per heavy atom. The Balaban J connectivity index is 2.12. The summed E-state index contributed by atoms with van der Waals surface area (Å²) in [5.74, 6) is 0. The zero-order valence-corrected chi connectivity index (χ0v) is 16.6. The van der Waals surface area contributed by atoms with Gasteiger partial charge in [0.15, 0.2) is 11.8 Å². The van der Waals surface area contributed by atoms with Gasteiger partial charge in [0.05, 0.1) is 5.56 Å². The summed E-state index contributed by atoms with van der Waals surface area (Å²) in [5.41, 5.74) is 7.08. The normalized spacial score (nSPS) is 12.0. The van der Waals surface area contributed by atoms with Crippen LogP contribution in [0.4, 0.5) is 0 Å². The van der Waals surface area contributed by atoms with Crippen LogP contribution in [0.2, 0.25) is 0 Å². The third-order valence-corrected chi connectivity index (χ3v) is 5.17. The van der Waals surface area contributed by atoms with Gasteiger partial charge in [-0.15, -0.1) is 0 Å². The topological polar surface area (TPSA) is 29.9 Å². The van der Waals surface area contributed by atoms with E-state index in [1.807, 2.05) is 19.1 Å². The molecule has 4 rings (SSSR count). The summed E-state index contributed by atoms with van der Waals surface area (Å²) in [6, 6.07) is 12.8. The predicted molar refractivity (Wildman–Crippen MR) is 112 cm³/mol. The predicted octanol–water partition coefficient (Wildman–Crippen LogP) is 5.72. The number of hydrogen-bond acceptors (Lipinski definition) is 2. The summed E-state index contributed by atoms with van der Waals surface area (Å²) in [7, 11) is 2.07. The molecule has 0 aliphatic heterocycles. The molecule has 3 heterocycles. The maximum absolute atomic E-state index is 6.27. The van der Waals surface area contributed by atoms with Crippen LogP contribution in [0, 0.1) is 6.92 Å². The average Bonchev–Trinajstić information content (AvgIpc) is 2.97. The molecule has 4 aromatic rings. The monoisotopic (exact) mass is 357 g/mol. The summed E-state index contributed by atoms with van der Waals surface area (Å²) >= 11 is 0. The first-order valence-corrected chi connectivity index (χ1v) is 9.25. The number of rotatable bonds is 2. The third-order valence-electron chi connectivity index (χ3n) is 5.17. The first-order chi connectivity index (χ1) is 12.8. The molecule has 0 fully saturated rings. The van der Waals surface area contributed by atoms with Gasteiger partial charge in [0.1, 0.15) is 7.05 Å². The number of hydrogen-bond donors (Lipinski definition) is 0. The van der Waals surface area contributed by atoms with E-state index < -0.39 is 0 Å². The molecular weight excluding hydrogens is 332 g/mol. The molecule has 27 heavy (non-hydrogen) atoms. The number of fused-ring (bicyclic) bond motifs is 3. The van der Waals surface area contributed by atoms with Crippen LogP contribution in [-0.4, -0.2) is 4.98 Å². The van der Waals surface area contributed by atoms with Crippen molar-refractivity contribution in [2.75, 3.05) is 0 Å². The Morgan fingerprint density at radius 1 is 1.07 bits per heavy atom. The van der Waals surface area contributed by atoms with Crippen LogP contribution >= 0.6 is 0 Å². The van der Waals surface area contributed by atoms with Gasteiger partial charge in [-0.1, -0.05) is 39.5 Å². The molecule has 0 unspecified atom stereocenters. The minimum atomic E-state index is 0.0673. The lowest BCUT2D eigenvalue weighted by atomic mass is 9.86. The van der Waals surface area contributed by atoms with Gasteiger partial charge in [0, 0.05) is 28.6 Å². The van der Waals surface area contributed by atoms with Crippen LogP contribution in [0.25, 0.3) is 39.4 Å². The van der Waals surface area contributed by atoms with E-state index in [1.165, 1.54) is 5.56 Å². The van der Waals surface area contributed by atoms with Gasteiger partial charge in [0.25, 0.3) is 0 Å². The molecule has 0 saturated heterocycles. The van der Waals surface area contributed by atoms with E-state index in [1.54, 1.807) is 0 Å². The second-order valence-corrected chi connectivity index (χ2v) is 8.18. The Bertz CT molecular complexity index is 1190. The summed E-state index contributed by atoms with van der Waals surface area (Å²) < 4.78 is 8.41. The molecule has 0 spiro atoms. The van der Waals surface area contributed by atoms with Crippen molar-refractivity contribution in [3.63, 3.8) is 0 Å². The summed E-state index contributed by atoms with van der Waals surface area (Å²) in [6.07, 6.45) is 4.01. The largest absolute Gasteiger partial charge is 0.437 e. The van der Waals surface area contributed by atoms with E-state index in [9.17, 15) is 0 Å². The van der Waals surface area contributed by atoms with Crippen molar-refractivity contribution in [1.82, 2.24) is 4.98 Å². The number of furan rings is 1. The fourth-order valence-corrected chi connectivity index (χ4v) is 3.55. The Labute approximate surface area is 160 Å². The molecule has 3 nitrogen and oxygen atoms in total. The van der Waals surface area contributed by atoms with Crippen LogP contribution in [-0.2, 0) is 12.5 Å². The van der Waals surface area contributed by atoms with E-state index >= 15 is 0 Å². The zero-order valence-electron chi connectivity index (χ0n) is 16.6. The Hall–Kier alpha value is -2.94. The number of nitrogens with zero attached hydrogens (tertiary/aromatic N) is 2. The van der Waals surface area contributed by atoms with Crippen LogP contribution in [0.5, 0.6) is 0 Å². The highest BCUT2D eigenvalue weighted by molar-refractivity contribution is 6.09. The molecular formula is C24H25N2O+. The van der Waals surface area contributed by atoms with E-state index in [0.717, 1.165) is 38.9 Å². The molecule has 0 N–H and O–H groups in total. The summed E-state index contributed by atoms with van der Waals surface area (Å²) in [4.78, 5) is 4.58. The van der Waals surface area contributed by atoms with Crippen LogP contribution in [0.1, 0.15) is 37.6 Å². The van der Waals surface area contributed by atoms with Gasteiger partial charge in [-0.05, 0) is 41.7 Å². The van der Waals surface area contributed by atoms with Crippen molar-refractivity contribution in [3.8, 4) is 11.3 Å². The SMILES string of the molecule is C=Cc1ccc2c(oc3nc(C)ccc32)c1-c1cc(C(C)(C)C)cc[n+]1C. The lowest BCUT2D eigenvalue weighted by Crippen LogP contribution is -2.32.